The van der Waals surface area contributed by atoms with Crippen LogP contribution < -0.4 is 20.3 Å². The summed E-state index contributed by atoms with van der Waals surface area (Å²) in [7, 11) is 3.34. The van der Waals surface area contributed by atoms with Gasteiger partial charge in [-0.1, -0.05) is 12.1 Å². The Morgan fingerprint density at radius 1 is 1.27 bits per heavy atom. The Balaban J connectivity index is 0.00000256. The molecule has 162 valence electrons. The Morgan fingerprint density at radius 3 is 2.73 bits per heavy atom. The minimum Gasteiger partial charge on any atom is -0.495 e. The predicted molar refractivity (Wildman–Crippen MR) is 115 cm³/mol. The van der Waals surface area contributed by atoms with Crippen molar-refractivity contribution in [1.82, 2.24) is 20.1 Å². The zero-order valence-electron chi connectivity index (χ0n) is 17.1. The number of rotatable bonds is 5. The molecule has 9 nitrogen and oxygen atoms in total. The van der Waals surface area contributed by atoms with E-state index in [0.29, 0.717) is 29.8 Å². The number of halogens is 1. The van der Waals surface area contributed by atoms with Gasteiger partial charge in [0, 0.05) is 25.9 Å². The van der Waals surface area contributed by atoms with E-state index in [1.165, 1.54) is 0 Å². The zero-order valence-corrected chi connectivity index (χ0v) is 17.9. The average molecular weight is 435 g/mol. The molecule has 0 bridgehead atoms. The number of aryl methyl sites for hydroxylation is 1. The van der Waals surface area contributed by atoms with Crippen LogP contribution >= 0.6 is 12.4 Å². The molecule has 0 spiro atoms. The number of carbonyl (C=O) groups excluding carboxylic acids is 2. The monoisotopic (exact) mass is 434 g/mol. The summed E-state index contributed by atoms with van der Waals surface area (Å²) in [6.45, 7) is 2.21. The summed E-state index contributed by atoms with van der Waals surface area (Å²) in [5.41, 5.74) is 0.683. The van der Waals surface area contributed by atoms with Crippen molar-refractivity contribution < 1.29 is 14.3 Å². The van der Waals surface area contributed by atoms with E-state index in [2.05, 4.69) is 20.7 Å². The van der Waals surface area contributed by atoms with E-state index in [1.54, 1.807) is 29.8 Å². The number of piperidine rings is 1. The smallest absolute Gasteiger partial charge is 0.232 e. The first-order chi connectivity index (χ1) is 14.1. The molecule has 2 fully saturated rings. The maximum absolute atomic E-state index is 12.8. The number of carbonyl (C=O) groups is 2. The van der Waals surface area contributed by atoms with Gasteiger partial charge in [0.25, 0.3) is 0 Å². The number of methoxy groups -OCH3 is 1. The van der Waals surface area contributed by atoms with Gasteiger partial charge in [0.05, 0.1) is 18.7 Å². The molecule has 30 heavy (non-hydrogen) atoms. The second kappa shape index (κ2) is 9.44. The highest BCUT2D eigenvalue weighted by Crippen LogP contribution is 2.33. The summed E-state index contributed by atoms with van der Waals surface area (Å²) in [5.74, 6) is 1.34. The number of amides is 2. The Hall–Kier alpha value is -2.65. The number of anilines is 2. The number of para-hydroxylation sites is 2. The lowest BCUT2D eigenvalue weighted by molar-refractivity contribution is -0.122. The van der Waals surface area contributed by atoms with Crippen LogP contribution in [-0.4, -0.2) is 53.3 Å². The molecular formula is C20H27ClN6O3. The highest BCUT2D eigenvalue weighted by molar-refractivity contribution is 6.03. The molecule has 2 saturated heterocycles. The Kier molecular flexibility index (Phi) is 6.94. The minimum absolute atomic E-state index is 0. The van der Waals surface area contributed by atoms with Crippen molar-refractivity contribution in [2.75, 3.05) is 37.0 Å². The first-order valence-corrected chi connectivity index (χ1v) is 9.92. The number of nitrogens with zero attached hydrogens (tertiary/aromatic N) is 4. The number of nitrogens with one attached hydrogen (secondary N) is 2. The van der Waals surface area contributed by atoms with Crippen molar-refractivity contribution in [2.45, 2.75) is 25.2 Å². The van der Waals surface area contributed by atoms with Crippen molar-refractivity contribution >= 4 is 35.9 Å². The lowest BCUT2D eigenvalue weighted by Crippen LogP contribution is -2.29. The molecular weight excluding hydrogens is 408 g/mol. The lowest BCUT2D eigenvalue weighted by atomic mass is 9.98. The van der Waals surface area contributed by atoms with Gasteiger partial charge in [0.1, 0.15) is 5.75 Å². The third kappa shape index (κ3) is 4.41. The minimum atomic E-state index is -0.452. The summed E-state index contributed by atoms with van der Waals surface area (Å²) in [4.78, 5) is 31.5. The third-order valence-electron chi connectivity index (χ3n) is 5.59. The van der Waals surface area contributed by atoms with Gasteiger partial charge in [-0.05, 0) is 38.1 Å². The molecule has 10 heteroatoms. The SMILES string of the molecule is COc1ccccc1N1CC(C(=O)Nc2nc(C3CCNCC3)nn2C)CC1=O.Cl. The molecule has 0 aliphatic carbocycles. The molecule has 1 aromatic heterocycles. The molecule has 0 saturated carbocycles. The van der Waals surface area contributed by atoms with Gasteiger partial charge in [0.15, 0.2) is 5.82 Å². The first-order valence-electron chi connectivity index (χ1n) is 9.92. The molecule has 3 heterocycles. The molecule has 2 amide bonds. The lowest BCUT2D eigenvalue weighted by Gasteiger charge is -2.19. The van der Waals surface area contributed by atoms with E-state index in [1.807, 2.05) is 18.2 Å². The fourth-order valence-electron chi connectivity index (χ4n) is 3.95. The number of aromatic nitrogens is 3. The second-order valence-electron chi connectivity index (χ2n) is 7.51. The van der Waals surface area contributed by atoms with E-state index in [4.69, 9.17) is 4.74 Å². The van der Waals surface area contributed by atoms with Crippen LogP contribution in [0.1, 0.15) is 31.0 Å². The summed E-state index contributed by atoms with van der Waals surface area (Å²) in [6.07, 6.45) is 2.13. The van der Waals surface area contributed by atoms with Gasteiger partial charge in [-0.2, -0.15) is 10.1 Å². The number of hydrogen-bond donors (Lipinski definition) is 2. The zero-order chi connectivity index (χ0) is 20.4. The highest BCUT2D eigenvalue weighted by Gasteiger charge is 2.36. The molecule has 2 aliphatic heterocycles. The molecule has 0 radical (unpaired) electrons. The number of ether oxygens (including phenoxy) is 1. The fraction of sp³-hybridized carbons (Fsp3) is 0.500. The third-order valence-corrected chi connectivity index (χ3v) is 5.59. The normalized spacial score (nSPS) is 19.5. The van der Waals surface area contributed by atoms with Crippen molar-refractivity contribution in [1.29, 1.82) is 0 Å². The topological polar surface area (TPSA) is 101 Å². The summed E-state index contributed by atoms with van der Waals surface area (Å²) < 4.78 is 6.95. The van der Waals surface area contributed by atoms with Crippen LogP contribution in [0.3, 0.4) is 0 Å². The largest absolute Gasteiger partial charge is 0.495 e. The summed E-state index contributed by atoms with van der Waals surface area (Å²) in [5, 5.41) is 10.7. The Bertz CT molecular complexity index is 912. The van der Waals surface area contributed by atoms with Gasteiger partial charge < -0.3 is 15.0 Å². The van der Waals surface area contributed by atoms with Crippen LogP contribution in [0.2, 0.25) is 0 Å². The van der Waals surface area contributed by atoms with Crippen LogP contribution in [-0.2, 0) is 16.6 Å². The van der Waals surface area contributed by atoms with Gasteiger partial charge >= 0.3 is 0 Å². The van der Waals surface area contributed by atoms with E-state index < -0.39 is 5.92 Å². The van der Waals surface area contributed by atoms with Crippen molar-refractivity contribution in [3.05, 3.63) is 30.1 Å². The van der Waals surface area contributed by atoms with Crippen molar-refractivity contribution in [3.8, 4) is 5.75 Å². The Labute approximate surface area is 181 Å². The molecule has 2 N–H and O–H groups in total. The fourth-order valence-corrected chi connectivity index (χ4v) is 3.95. The van der Waals surface area contributed by atoms with Crippen LogP contribution in [0.4, 0.5) is 11.6 Å². The molecule has 4 rings (SSSR count). The van der Waals surface area contributed by atoms with E-state index >= 15 is 0 Å². The Morgan fingerprint density at radius 2 is 2.00 bits per heavy atom. The molecule has 1 aromatic carbocycles. The second-order valence-corrected chi connectivity index (χ2v) is 7.51. The molecule has 1 unspecified atom stereocenters. The summed E-state index contributed by atoms with van der Waals surface area (Å²) >= 11 is 0. The molecule has 2 aliphatic rings. The van der Waals surface area contributed by atoms with Crippen LogP contribution in [0.25, 0.3) is 0 Å². The van der Waals surface area contributed by atoms with Crippen LogP contribution in [0, 0.1) is 5.92 Å². The number of hydrogen-bond acceptors (Lipinski definition) is 6. The van der Waals surface area contributed by atoms with Gasteiger partial charge in [0.2, 0.25) is 17.8 Å². The highest BCUT2D eigenvalue weighted by atomic mass is 35.5. The molecule has 1 atom stereocenters. The van der Waals surface area contributed by atoms with Crippen LogP contribution in [0.15, 0.2) is 24.3 Å². The van der Waals surface area contributed by atoms with Gasteiger partial charge in [-0.3, -0.25) is 14.9 Å². The van der Waals surface area contributed by atoms with E-state index in [-0.39, 0.29) is 30.6 Å². The van der Waals surface area contributed by atoms with Gasteiger partial charge in [-0.15, -0.1) is 12.4 Å². The average Bonchev–Trinajstić information content (AvgIpc) is 3.31. The maximum atomic E-state index is 12.8. The quantitative estimate of drug-likeness (QED) is 0.742. The van der Waals surface area contributed by atoms with Gasteiger partial charge in [-0.25, -0.2) is 4.68 Å². The predicted octanol–water partition coefficient (Wildman–Crippen LogP) is 1.70. The van der Waals surface area contributed by atoms with E-state index in [0.717, 1.165) is 31.8 Å². The van der Waals surface area contributed by atoms with E-state index in [9.17, 15) is 9.59 Å². The maximum Gasteiger partial charge on any atom is 0.232 e. The molecule has 2 aromatic rings. The van der Waals surface area contributed by atoms with Crippen molar-refractivity contribution in [3.63, 3.8) is 0 Å². The number of benzene rings is 1. The summed E-state index contributed by atoms with van der Waals surface area (Å²) in [6, 6.07) is 7.32. The first kappa shape index (κ1) is 22.0. The van der Waals surface area contributed by atoms with Crippen molar-refractivity contribution in [2.24, 2.45) is 13.0 Å². The standard InChI is InChI=1S/C20H26N6O3.ClH/c1-25-20(22-18(24-25)13-7-9-21-10-8-13)23-19(28)14-11-17(27)26(12-14)15-5-3-4-6-16(15)29-2;/h3-6,13-14,21H,7-12H2,1-2H3,(H,22,23,24,28);1H. The van der Waals surface area contributed by atoms with Crippen LogP contribution in [0.5, 0.6) is 5.75 Å².